The van der Waals surface area contributed by atoms with Gasteiger partial charge in [-0.3, -0.25) is 14.9 Å². The van der Waals surface area contributed by atoms with E-state index < -0.39 is 11.9 Å². The molecule has 0 radical (unpaired) electrons. The predicted molar refractivity (Wildman–Crippen MR) is 73.9 cm³/mol. The van der Waals surface area contributed by atoms with Crippen LogP contribution in [0.25, 0.3) is 0 Å². The molecule has 0 aromatic heterocycles. The van der Waals surface area contributed by atoms with Gasteiger partial charge in [0.2, 0.25) is 11.8 Å². The third-order valence-corrected chi connectivity index (χ3v) is 3.10. The SMILES string of the molecule is NC(=O)NC(=O)CN1C(=O)CCCc2cc(N)ccc21. The van der Waals surface area contributed by atoms with Crippen LogP contribution in [0.15, 0.2) is 18.2 Å². The molecule has 0 fully saturated rings. The number of benzene rings is 1. The van der Waals surface area contributed by atoms with Crippen LogP contribution in [0.3, 0.4) is 0 Å². The molecule has 0 aliphatic carbocycles. The summed E-state index contributed by atoms with van der Waals surface area (Å²) in [7, 11) is 0. The first kappa shape index (κ1) is 13.9. The van der Waals surface area contributed by atoms with E-state index in [-0.39, 0.29) is 12.5 Å². The molecule has 1 aliphatic rings. The quantitative estimate of drug-likeness (QED) is 0.665. The van der Waals surface area contributed by atoms with Crippen LogP contribution >= 0.6 is 0 Å². The number of hydrogen-bond acceptors (Lipinski definition) is 4. The zero-order chi connectivity index (χ0) is 14.7. The summed E-state index contributed by atoms with van der Waals surface area (Å²) in [5.41, 5.74) is 12.8. The summed E-state index contributed by atoms with van der Waals surface area (Å²) in [6.07, 6.45) is 1.77. The Morgan fingerprint density at radius 3 is 2.75 bits per heavy atom. The van der Waals surface area contributed by atoms with Crippen molar-refractivity contribution in [2.75, 3.05) is 17.2 Å². The third-order valence-electron chi connectivity index (χ3n) is 3.10. The zero-order valence-electron chi connectivity index (χ0n) is 10.9. The lowest BCUT2D eigenvalue weighted by Crippen LogP contribution is -2.44. The van der Waals surface area contributed by atoms with Crippen molar-refractivity contribution in [1.29, 1.82) is 0 Å². The molecule has 106 valence electrons. The maximum atomic E-state index is 12.1. The summed E-state index contributed by atoms with van der Waals surface area (Å²) >= 11 is 0. The Morgan fingerprint density at radius 1 is 1.30 bits per heavy atom. The highest BCUT2D eigenvalue weighted by Crippen LogP contribution is 2.28. The molecular weight excluding hydrogens is 260 g/mol. The van der Waals surface area contributed by atoms with E-state index in [1.54, 1.807) is 18.2 Å². The average Bonchev–Trinajstić information content (AvgIpc) is 2.49. The number of imide groups is 1. The largest absolute Gasteiger partial charge is 0.399 e. The van der Waals surface area contributed by atoms with Gasteiger partial charge in [0, 0.05) is 17.8 Å². The highest BCUT2D eigenvalue weighted by atomic mass is 16.2. The fraction of sp³-hybridized carbons (Fsp3) is 0.308. The van der Waals surface area contributed by atoms with E-state index in [0.29, 0.717) is 24.2 Å². The van der Waals surface area contributed by atoms with Crippen molar-refractivity contribution < 1.29 is 14.4 Å². The number of rotatable bonds is 2. The molecule has 1 aromatic rings. The number of nitrogen functional groups attached to an aromatic ring is 1. The molecule has 5 N–H and O–H groups in total. The predicted octanol–water partition coefficient (Wildman–Crippen LogP) is 0.133. The summed E-state index contributed by atoms with van der Waals surface area (Å²) in [6, 6.07) is 4.25. The molecular formula is C13H16N4O3. The van der Waals surface area contributed by atoms with Gasteiger partial charge in [-0.25, -0.2) is 4.79 Å². The van der Waals surface area contributed by atoms with Crippen molar-refractivity contribution in [2.45, 2.75) is 19.3 Å². The highest BCUT2D eigenvalue weighted by Gasteiger charge is 2.24. The lowest BCUT2D eigenvalue weighted by molar-refractivity contribution is -0.123. The first-order valence-corrected chi connectivity index (χ1v) is 6.25. The van der Waals surface area contributed by atoms with Crippen LogP contribution in [0.5, 0.6) is 0 Å². The van der Waals surface area contributed by atoms with Gasteiger partial charge in [0.05, 0.1) is 0 Å². The molecule has 7 nitrogen and oxygen atoms in total. The van der Waals surface area contributed by atoms with Crippen LogP contribution < -0.4 is 21.7 Å². The van der Waals surface area contributed by atoms with Gasteiger partial charge in [-0.05, 0) is 36.6 Å². The lowest BCUT2D eigenvalue weighted by atomic mass is 10.1. The normalized spacial score (nSPS) is 14.4. The fourth-order valence-corrected chi connectivity index (χ4v) is 2.26. The van der Waals surface area contributed by atoms with E-state index in [1.165, 1.54) is 4.90 Å². The van der Waals surface area contributed by atoms with Gasteiger partial charge in [0.25, 0.3) is 0 Å². The Hall–Kier alpha value is -2.57. The first-order valence-electron chi connectivity index (χ1n) is 6.25. The van der Waals surface area contributed by atoms with E-state index in [9.17, 15) is 14.4 Å². The minimum atomic E-state index is -0.935. The second-order valence-corrected chi connectivity index (χ2v) is 4.63. The number of nitrogens with one attached hydrogen (secondary N) is 1. The van der Waals surface area contributed by atoms with Crippen LogP contribution in [0.4, 0.5) is 16.2 Å². The summed E-state index contributed by atoms with van der Waals surface area (Å²) in [4.78, 5) is 35.7. The molecule has 0 spiro atoms. The molecule has 7 heteroatoms. The molecule has 1 aromatic carbocycles. The number of urea groups is 1. The Labute approximate surface area is 115 Å². The second-order valence-electron chi connectivity index (χ2n) is 4.63. The van der Waals surface area contributed by atoms with Crippen molar-refractivity contribution in [3.63, 3.8) is 0 Å². The molecule has 4 amide bonds. The zero-order valence-corrected chi connectivity index (χ0v) is 10.9. The second kappa shape index (κ2) is 5.60. The minimum Gasteiger partial charge on any atom is -0.399 e. The third kappa shape index (κ3) is 3.05. The van der Waals surface area contributed by atoms with Crippen molar-refractivity contribution in [1.82, 2.24) is 5.32 Å². The number of hydrogen-bond donors (Lipinski definition) is 3. The Balaban J connectivity index is 2.28. The summed E-state index contributed by atoms with van der Waals surface area (Å²) < 4.78 is 0. The van der Waals surface area contributed by atoms with Crippen molar-refractivity contribution in [3.05, 3.63) is 23.8 Å². The molecule has 0 unspecified atom stereocenters. The van der Waals surface area contributed by atoms with E-state index in [1.807, 2.05) is 5.32 Å². The maximum absolute atomic E-state index is 12.1. The highest BCUT2D eigenvalue weighted by molar-refractivity contribution is 6.03. The van der Waals surface area contributed by atoms with E-state index in [0.717, 1.165) is 12.0 Å². The van der Waals surface area contributed by atoms with Crippen LogP contribution in [0, 0.1) is 0 Å². The molecule has 2 rings (SSSR count). The van der Waals surface area contributed by atoms with Gasteiger partial charge < -0.3 is 16.4 Å². The summed E-state index contributed by atoms with van der Waals surface area (Å²) in [5, 5.41) is 1.95. The monoisotopic (exact) mass is 276 g/mol. The van der Waals surface area contributed by atoms with Gasteiger partial charge in [0.1, 0.15) is 6.54 Å². The Bertz CT molecular complexity index is 571. The van der Waals surface area contributed by atoms with Gasteiger partial charge in [-0.1, -0.05) is 0 Å². The first-order chi connectivity index (χ1) is 9.47. The fourth-order valence-electron chi connectivity index (χ4n) is 2.26. The van der Waals surface area contributed by atoms with Gasteiger partial charge >= 0.3 is 6.03 Å². The average molecular weight is 276 g/mol. The van der Waals surface area contributed by atoms with Crippen LogP contribution in [-0.4, -0.2) is 24.4 Å². The molecule has 20 heavy (non-hydrogen) atoms. The molecule has 0 bridgehead atoms. The van der Waals surface area contributed by atoms with E-state index in [2.05, 4.69) is 0 Å². The van der Waals surface area contributed by atoms with Crippen molar-refractivity contribution >= 4 is 29.2 Å². The topological polar surface area (TPSA) is 119 Å². The number of nitrogens with two attached hydrogens (primary N) is 2. The summed E-state index contributed by atoms with van der Waals surface area (Å²) in [5.74, 6) is -0.774. The Kier molecular flexibility index (Phi) is 3.88. The number of carbonyl (C=O) groups is 3. The van der Waals surface area contributed by atoms with Crippen molar-refractivity contribution in [2.24, 2.45) is 5.73 Å². The van der Waals surface area contributed by atoms with Gasteiger partial charge in [-0.2, -0.15) is 0 Å². The number of anilines is 2. The van der Waals surface area contributed by atoms with E-state index >= 15 is 0 Å². The van der Waals surface area contributed by atoms with Crippen LogP contribution in [-0.2, 0) is 16.0 Å². The van der Waals surface area contributed by atoms with Crippen LogP contribution in [0.2, 0.25) is 0 Å². The number of carbonyl (C=O) groups excluding carboxylic acids is 3. The number of amides is 4. The van der Waals surface area contributed by atoms with Crippen LogP contribution in [0.1, 0.15) is 18.4 Å². The molecule has 0 saturated carbocycles. The number of fused-ring (bicyclic) bond motifs is 1. The maximum Gasteiger partial charge on any atom is 0.318 e. The van der Waals surface area contributed by atoms with Gasteiger partial charge in [-0.15, -0.1) is 0 Å². The number of aryl methyl sites for hydroxylation is 1. The molecule has 0 saturated heterocycles. The van der Waals surface area contributed by atoms with Crippen molar-refractivity contribution in [3.8, 4) is 0 Å². The standard InChI is InChI=1S/C13H16N4O3/c14-9-4-5-10-8(6-9)2-1-3-12(19)17(10)7-11(18)16-13(15)20/h4-6H,1-3,7,14H2,(H3,15,16,18,20). The van der Waals surface area contributed by atoms with Gasteiger partial charge in [0.15, 0.2) is 0 Å². The smallest absolute Gasteiger partial charge is 0.318 e. The molecule has 1 heterocycles. The lowest BCUT2D eigenvalue weighted by Gasteiger charge is -2.22. The summed E-state index contributed by atoms with van der Waals surface area (Å²) in [6.45, 7) is -0.237. The Morgan fingerprint density at radius 2 is 2.05 bits per heavy atom. The number of nitrogens with zero attached hydrogens (tertiary/aromatic N) is 1. The number of primary amides is 1. The van der Waals surface area contributed by atoms with E-state index in [4.69, 9.17) is 11.5 Å². The minimum absolute atomic E-state index is 0.159. The molecule has 0 atom stereocenters. The molecule has 1 aliphatic heterocycles.